The van der Waals surface area contributed by atoms with E-state index in [2.05, 4.69) is 4.90 Å². The molecule has 0 saturated heterocycles. The lowest BCUT2D eigenvalue weighted by molar-refractivity contribution is 0.869. The summed E-state index contributed by atoms with van der Waals surface area (Å²) in [5.74, 6) is 1.20. The summed E-state index contributed by atoms with van der Waals surface area (Å²) >= 11 is 11.5. The van der Waals surface area contributed by atoms with Gasteiger partial charge in [0.2, 0.25) is 0 Å². The molecule has 0 aromatic heterocycles. The second kappa shape index (κ2) is 6.09. The van der Waals surface area contributed by atoms with E-state index >= 15 is 0 Å². The summed E-state index contributed by atoms with van der Waals surface area (Å²) < 4.78 is 0. The average molecular weight is 247 g/mol. The summed E-state index contributed by atoms with van der Waals surface area (Å²) in [6.07, 6.45) is 0. The molecule has 15 heavy (non-hydrogen) atoms. The number of hydrogen-bond donors (Lipinski definition) is 1. The average Bonchev–Trinajstić information content (AvgIpc) is 2.17. The van der Waals surface area contributed by atoms with Crippen LogP contribution in [0, 0.1) is 6.92 Å². The molecule has 1 rings (SSSR count). The molecule has 0 amide bonds. The normalized spacial score (nSPS) is 10.3. The number of nitrogens with zero attached hydrogens (tertiary/aromatic N) is 1. The molecule has 0 fully saturated rings. The van der Waals surface area contributed by atoms with E-state index < -0.39 is 0 Å². The molecule has 0 aliphatic heterocycles. The molecule has 1 aromatic rings. The number of rotatable bonds is 5. The summed E-state index contributed by atoms with van der Waals surface area (Å²) in [6.45, 7) is 3.65. The Bertz CT molecular complexity index is 309. The van der Waals surface area contributed by atoms with E-state index in [1.165, 1.54) is 0 Å². The van der Waals surface area contributed by atoms with Gasteiger partial charge in [-0.05, 0) is 30.7 Å². The van der Waals surface area contributed by atoms with Crippen LogP contribution in [0.2, 0.25) is 0 Å². The number of nitrogen functional groups attached to an aromatic ring is 1. The maximum atomic E-state index is 5.76. The lowest BCUT2D eigenvalue weighted by Gasteiger charge is -2.24. The lowest BCUT2D eigenvalue weighted by atomic mass is 10.1. The van der Waals surface area contributed by atoms with E-state index in [9.17, 15) is 0 Å². The van der Waals surface area contributed by atoms with Gasteiger partial charge in [0.05, 0.1) is 0 Å². The van der Waals surface area contributed by atoms with Crippen LogP contribution in [0.25, 0.3) is 0 Å². The number of halogens is 2. The van der Waals surface area contributed by atoms with E-state index in [1.807, 2.05) is 25.1 Å². The molecule has 0 radical (unpaired) electrons. The number of benzene rings is 1. The van der Waals surface area contributed by atoms with Gasteiger partial charge in [-0.15, -0.1) is 23.2 Å². The van der Waals surface area contributed by atoms with Gasteiger partial charge >= 0.3 is 0 Å². The van der Waals surface area contributed by atoms with E-state index in [0.29, 0.717) is 11.8 Å². The highest BCUT2D eigenvalue weighted by Crippen LogP contribution is 2.22. The molecule has 0 spiro atoms. The van der Waals surface area contributed by atoms with Crippen LogP contribution in [0.4, 0.5) is 11.4 Å². The third kappa shape index (κ3) is 3.47. The summed E-state index contributed by atoms with van der Waals surface area (Å²) in [6, 6.07) is 5.88. The van der Waals surface area contributed by atoms with E-state index in [1.54, 1.807) is 0 Å². The Kier molecular flexibility index (Phi) is 5.06. The first-order valence-electron chi connectivity index (χ1n) is 4.92. The van der Waals surface area contributed by atoms with Gasteiger partial charge in [0.25, 0.3) is 0 Å². The van der Waals surface area contributed by atoms with Gasteiger partial charge in [-0.3, -0.25) is 0 Å². The van der Waals surface area contributed by atoms with Crippen molar-refractivity contribution in [3.8, 4) is 0 Å². The zero-order valence-corrected chi connectivity index (χ0v) is 10.4. The highest BCUT2D eigenvalue weighted by Gasteiger charge is 2.07. The molecular weight excluding hydrogens is 231 g/mol. The van der Waals surface area contributed by atoms with Crippen LogP contribution in [0.15, 0.2) is 18.2 Å². The summed E-state index contributed by atoms with van der Waals surface area (Å²) in [7, 11) is 0. The smallest absolute Gasteiger partial charge is 0.0399 e. The highest BCUT2D eigenvalue weighted by atomic mass is 35.5. The Hall–Kier alpha value is -0.600. The summed E-state index contributed by atoms with van der Waals surface area (Å²) in [5.41, 5.74) is 8.81. The Balaban J connectivity index is 2.89. The van der Waals surface area contributed by atoms with E-state index in [0.717, 1.165) is 30.0 Å². The third-order valence-corrected chi connectivity index (χ3v) is 2.61. The summed E-state index contributed by atoms with van der Waals surface area (Å²) in [4.78, 5) is 2.18. The second-order valence-corrected chi connectivity index (χ2v) is 4.17. The second-order valence-electron chi connectivity index (χ2n) is 3.41. The first kappa shape index (κ1) is 12.5. The third-order valence-electron chi connectivity index (χ3n) is 2.27. The van der Waals surface area contributed by atoms with E-state index in [-0.39, 0.29) is 0 Å². The number of hydrogen-bond acceptors (Lipinski definition) is 2. The predicted octanol–water partition coefficient (Wildman–Crippen LogP) is 2.86. The largest absolute Gasteiger partial charge is 0.399 e. The van der Waals surface area contributed by atoms with Crippen molar-refractivity contribution < 1.29 is 0 Å². The fourth-order valence-corrected chi connectivity index (χ4v) is 2.00. The van der Waals surface area contributed by atoms with Gasteiger partial charge in [0.15, 0.2) is 0 Å². The van der Waals surface area contributed by atoms with Crippen LogP contribution >= 0.6 is 23.2 Å². The summed E-state index contributed by atoms with van der Waals surface area (Å²) in [5, 5.41) is 0. The van der Waals surface area contributed by atoms with Gasteiger partial charge in [-0.1, -0.05) is 0 Å². The monoisotopic (exact) mass is 246 g/mol. The van der Waals surface area contributed by atoms with Crippen LogP contribution in [-0.2, 0) is 0 Å². The zero-order chi connectivity index (χ0) is 11.3. The number of anilines is 2. The SMILES string of the molecule is Cc1cc(N)ccc1N(CCCl)CCCl. The molecule has 0 unspecified atom stereocenters. The van der Waals surface area contributed by atoms with Crippen LogP contribution in [0.5, 0.6) is 0 Å². The maximum absolute atomic E-state index is 5.76. The quantitative estimate of drug-likeness (QED) is 0.640. The molecule has 2 nitrogen and oxygen atoms in total. The topological polar surface area (TPSA) is 29.3 Å². The van der Waals surface area contributed by atoms with Gasteiger partial charge in [0.1, 0.15) is 0 Å². The fraction of sp³-hybridized carbons (Fsp3) is 0.455. The lowest BCUT2D eigenvalue weighted by Crippen LogP contribution is -2.28. The Morgan fingerprint density at radius 2 is 1.80 bits per heavy atom. The highest BCUT2D eigenvalue weighted by molar-refractivity contribution is 6.18. The first-order chi connectivity index (χ1) is 7.19. The molecule has 0 bridgehead atoms. The first-order valence-corrected chi connectivity index (χ1v) is 5.99. The molecule has 4 heteroatoms. The molecule has 0 atom stereocenters. The predicted molar refractivity (Wildman–Crippen MR) is 69.2 cm³/mol. The van der Waals surface area contributed by atoms with Crippen molar-refractivity contribution in [1.29, 1.82) is 0 Å². The number of alkyl halides is 2. The minimum Gasteiger partial charge on any atom is -0.399 e. The van der Waals surface area contributed by atoms with Crippen LogP contribution < -0.4 is 10.6 Å². The molecule has 0 aliphatic carbocycles. The Morgan fingerprint density at radius 1 is 1.20 bits per heavy atom. The van der Waals surface area contributed by atoms with Crippen molar-refractivity contribution in [2.45, 2.75) is 6.92 Å². The molecule has 0 saturated carbocycles. The maximum Gasteiger partial charge on any atom is 0.0399 e. The van der Waals surface area contributed by atoms with Gasteiger partial charge in [-0.2, -0.15) is 0 Å². The van der Waals surface area contributed by atoms with Crippen molar-refractivity contribution >= 4 is 34.6 Å². The van der Waals surface area contributed by atoms with Crippen molar-refractivity contribution in [2.24, 2.45) is 0 Å². The molecular formula is C11H16Cl2N2. The van der Waals surface area contributed by atoms with Crippen LogP contribution in [-0.4, -0.2) is 24.8 Å². The molecule has 0 aliphatic rings. The van der Waals surface area contributed by atoms with Gasteiger partial charge < -0.3 is 10.6 Å². The van der Waals surface area contributed by atoms with Crippen molar-refractivity contribution in [2.75, 3.05) is 35.5 Å². The minimum atomic E-state index is 0.598. The van der Waals surface area contributed by atoms with Crippen molar-refractivity contribution in [3.63, 3.8) is 0 Å². The Morgan fingerprint density at radius 3 is 2.27 bits per heavy atom. The number of nitrogens with two attached hydrogens (primary N) is 1. The van der Waals surface area contributed by atoms with Gasteiger partial charge in [0, 0.05) is 36.2 Å². The van der Waals surface area contributed by atoms with Crippen LogP contribution in [0.1, 0.15) is 5.56 Å². The van der Waals surface area contributed by atoms with Crippen molar-refractivity contribution in [1.82, 2.24) is 0 Å². The molecule has 1 aromatic carbocycles. The molecule has 0 heterocycles. The standard InChI is InChI=1S/C11H16Cl2N2/c1-9-8-10(14)2-3-11(9)15(6-4-12)7-5-13/h2-3,8H,4-7,14H2,1H3. The van der Waals surface area contributed by atoms with Crippen molar-refractivity contribution in [3.05, 3.63) is 23.8 Å². The van der Waals surface area contributed by atoms with Gasteiger partial charge in [-0.25, -0.2) is 0 Å². The molecule has 2 N–H and O–H groups in total. The van der Waals surface area contributed by atoms with Crippen LogP contribution in [0.3, 0.4) is 0 Å². The van der Waals surface area contributed by atoms with E-state index in [4.69, 9.17) is 28.9 Å². The Labute approximate surface area is 101 Å². The molecule has 84 valence electrons. The zero-order valence-electron chi connectivity index (χ0n) is 8.84. The minimum absolute atomic E-state index is 0.598. The fourth-order valence-electron chi connectivity index (χ4n) is 1.59. The number of aryl methyl sites for hydroxylation is 1.